The van der Waals surface area contributed by atoms with Crippen molar-refractivity contribution in [2.45, 2.75) is 36.7 Å². The minimum absolute atomic E-state index is 0.0442. The van der Waals surface area contributed by atoms with Crippen molar-refractivity contribution in [3.8, 4) is 0 Å². The molecule has 3 rings (SSSR count). The number of aromatic nitrogens is 2. The highest BCUT2D eigenvalue weighted by Gasteiger charge is 2.40. The molecule has 1 heterocycles. The Morgan fingerprint density at radius 2 is 2.00 bits per heavy atom. The maximum atomic E-state index is 11.9. The fraction of sp³-hybridized carbons (Fsp3) is 0.389. The highest BCUT2D eigenvalue weighted by atomic mass is 32.2. The summed E-state index contributed by atoms with van der Waals surface area (Å²) in [6.07, 6.45) is 3.06. The number of anilines is 3. The summed E-state index contributed by atoms with van der Waals surface area (Å²) in [6, 6.07) is 6.15. The summed E-state index contributed by atoms with van der Waals surface area (Å²) >= 11 is 0. The van der Waals surface area contributed by atoms with Crippen molar-refractivity contribution >= 4 is 33.1 Å². The molecule has 9 nitrogen and oxygen atoms in total. The smallest absolute Gasteiger partial charge is 0.271 e. The van der Waals surface area contributed by atoms with Gasteiger partial charge in [-0.3, -0.25) is 4.79 Å². The number of amides is 1. The molecule has 5 N–H and O–H groups in total. The van der Waals surface area contributed by atoms with Gasteiger partial charge in [0.05, 0.1) is 16.2 Å². The van der Waals surface area contributed by atoms with E-state index in [1.165, 1.54) is 12.1 Å². The van der Waals surface area contributed by atoms with Crippen LogP contribution in [0.4, 0.5) is 17.3 Å². The number of aryl methyl sites for hydroxylation is 1. The van der Waals surface area contributed by atoms with Crippen LogP contribution in [0.5, 0.6) is 0 Å². The maximum Gasteiger partial charge on any atom is 0.271 e. The largest absolute Gasteiger partial charge is 0.388 e. The second-order valence-electron chi connectivity index (χ2n) is 6.94. The maximum absolute atomic E-state index is 11.9. The van der Waals surface area contributed by atoms with Crippen molar-refractivity contribution in [2.75, 3.05) is 23.4 Å². The van der Waals surface area contributed by atoms with E-state index in [0.717, 1.165) is 19.1 Å². The molecule has 10 heteroatoms. The van der Waals surface area contributed by atoms with Crippen LogP contribution in [0.3, 0.4) is 0 Å². The Hall–Kier alpha value is -2.72. The molecule has 0 aliphatic heterocycles. The summed E-state index contributed by atoms with van der Waals surface area (Å²) in [5.41, 5.74) is 5.66. The summed E-state index contributed by atoms with van der Waals surface area (Å²) in [5.74, 6) is -0.202. The average Bonchev–Trinajstić information content (AvgIpc) is 3.37. The number of rotatable bonds is 8. The highest BCUT2D eigenvalue weighted by Crippen LogP contribution is 2.35. The average molecular weight is 405 g/mol. The summed E-state index contributed by atoms with van der Waals surface area (Å²) in [6.45, 7) is 2.20. The molecule has 1 aliphatic rings. The molecule has 1 saturated carbocycles. The van der Waals surface area contributed by atoms with E-state index in [0.29, 0.717) is 30.2 Å². The van der Waals surface area contributed by atoms with E-state index in [1.54, 1.807) is 12.1 Å². The first-order valence-electron chi connectivity index (χ1n) is 8.85. The van der Waals surface area contributed by atoms with Crippen LogP contribution >= 0.6 is 0 Å². The first kappa shape index (κ1) is 20.0. The molecular weight excluding hydrogens is 382 g/mol. The molecule has 0 spiro atoms. The van der Waals surface area contributed by atoms with Gasteiger partial charge in [0.15, 0.2) is 21.3 Å². The van der Waals surface area contributed by atoms with Gasteiger partial charge in [-0.05, 0) is 37.5 Å². The lowest BCUT2D eigenvalue weighted by Gasteiger charge is -2.16. The van der Waals surface area contributed by atoms with Gasteiger partial charge in [-0.25, -0.2) is 18.4 Å². The zero-order chi connectivity index (χ0) is 20.5. The number of nitrogens with zero attached hydrogens (tertiary/aromatic N) is 2. The lowest BCUT2D eigenvalue weighted by Crippen LogP contribution is -2.24. The van der Waals surface area contributed by atoms with Gasteiger partial charge >= 0.3 is 0 Å². The molecule has 1 aromatic heterocycles. The molecule has 0 saturated heterocycles. The zero-order valence-corrected chi connectivity index (χ0v) is 16.5. The quantitative estimate of drug-likeness (QED) is 0.512. The van der Waals surface area contributed by atoms with Crippen LogP contribution in [0.1, 0.15) is 35.9 Å². The van der Waals surface area contributed by atoms with Crippen LogP contribution in [0.25, 0.3) is 0 Å². The number of carbonyl (C=O) groups is 1. The molecule has 150 valence electrons. The van der Waals surface area contributed by atoms with Crippen molar-refractivity contribution in [1.82, 2.24) is 9.97 Å². The van der Waals surface area contributed by atoms with Gasteiger partial charge < -0.3 is 21.5 Å². The Morgan fingerprint density at radius 3 is 2.57 bits per heavy atom. The minimum Gasteiger partial charge on any atom is -0.388 e. The van der Waals surface area contributed by atoms with Gasteiger partial charge in [0.25, 0.3) is 5.91 Å². The number of benzene rings is 1. The van der Waals surface area contributed by atoms with E-state index in [1.807, 2.05) is 6.92 Å². The van der Waals surface area contributed by atoms with Gasteiger partial charge in [0.2, 0.25) is 0 Å². The lowest BCUT2D eigenvalue weighted by molar-refractivity contribution is 0.0996. The fourth-order valence-corrected chi connectivity index (χ4v) is 3.29. The SMILES string of the molecule is CCc1nc(C(N)=O)c(Nc2cccc(S(C)(=O)=O)c2)nc1NCC1(O)CC1. The molecule has 28 heavy (non-hydrogen) atoms. The number of primary amides is 1. The van der Waals surface area contributed by atoms with Crippen LogP contribution < -0.4 is 16.4 Å². The molecule has 2 aromatic rings. The number of carbonyl (C=O) groups excluding carboxylic acids is 1. The first-order valence-corrected chi connectivity index (χ1v) is 10.7. The van der Waals surface area contributed by atoms with Crippen molar-refractivity contribution in [2.24, 2.45) is 5.73 Å². The van der Waals surface area contributed by atoms with E-state index in [4.69, 9.17) is 5.73 Å². The molecule has 0 bridgehead atoms. The van der Waals surface area contributed by atoms with E-state index in [9.17, 15) is 18.3 Å². The minimum atomic E-state index is -3.39. The van der Waals surface area contributed by atoms with E-state index in [2.05, 4.69) is 20.6 Å². The van der Waals surface area contributed by atoms with Gasteiger partial charge in [0.1, 0.15) is 5.82 Å². The third-order valence-electron chi connectivity index (χ3n) is 4.47. The van der Waals surface area contributed by atoms with Crippen LogP contribution in [-0.4, -0.2) is 47.8 Å². The van der Waals surface area contributed by atoms with Gasteiger partial charge in [0, 0.05) is 18.5 Å². The molecule has 1 amide bonds. The summed E-state index contributed by atoms with van der Waals surface area (Å²) in [7, 11) is -3.39. The van der Waals surface area contributed by atoms with E-state index >= 15 is 0 Å². The Balaban J connectivity index is 1.97. The molecule has 1 aromatic carbocycles. The summed E-state index contributed by atoms with van der Waals surface area (Å²) in [5, 5.41) is 16.1. The van der Waals surface area contributed by atoms with Crippen molar-refractivity contribution < 1.29 is 18.3 Å². The van der Waals surface area contributed by atoms with E-state index in [-0.39, 0.29) is 16.4 Å². The third-order valence-corrected chi connectivity index (χ3v) is 5.58. The molecule has 0 unspecified atom stereocenters. The topological polar surface area (TPSA) is 147 Å². The van der Waals surface area contributed by atoms with Gasteiger partial charge in [-0.1, -0.05) is 13.0 Å². The van der Waals surface area contributed by atoms with Crippen LogP contribution in [0, 0.1) is 0 Å². The molecular formula is C18H23N5O4S. The predicted octanol–water partition coefficient (Wildman–Crippen LogP) is 1.22. The summed E-state index contributed by atoms with van der Waals surface area (Å²) in [4.78, 5) is 20.8. The molecule has 1 fully saturated rings. The zero-order valence-electron chi connectivity index (χ0n) is 15.7. The number of sulfone groups is 1. The predicted molar refractivity (Wildman–Crippen MR) is 105 cm³/mol. The van der Waals surface area contributed by atoms with Gasteiger partial charge in [-0.2, -0.15) is 0 Å². The van der Waals surface area contributed by atoms with Crippen LogP contribution in [0.2, 0.25) is 0 Å². The highest BCUT2D eigenvalue weighted by molar-refractivity contribution is 7.90. The Bertz CT molecular complexity index is 1020. The van der Waals surface area contributed by atoms with Crippen molar-refractivity contribution in [3.05, 3.63) is 35.7 Å². The number of hydrogen-bond donors (Lipinski definition) is 4. The van der Waals surface area contributed by atoms with Gasteiger partial charge in [-0.15, -0.1) is 0 Å². The van der Waals surface area contributed by atoms with Crippen molar-refractivity contribution in [3.63, 3.8) is 0 Å². The number of aliphatic hydroxyl groups is 1. The lowest BCUT2D eigenvalue weighted by atomic mass is 10.2. The van der Waals surface area contributed by atoms with Crippen molar-refractivity contribution in [1.29, 1.82) is 0 Å². The first-order chi connectivity index (χ1) is 13.1. The summed E-state index contributed by atoms with van der Waals surface area (Å²) < 4.78 is 23.5. The number of hydrogen-bond acceptors (Lipinski definition) is 8. The molecule has 0 radical (unpaired) electrons. The van der Waals surface area contributed by atoms with Crippen LogP contribution in [-0.2, 0) is 16.3 Å². The Morgan fingerprint density at radius 1 is 1.29 bits per heavy atom. The molecule has 0 atom stereocenters. The standard InChI is InChI=1S/C18H23N5O4S/c1-3-13-16(20-10-18(25)7-8-18)23-17(14(22-13)15(19)24)21-11-5-4-6-12(9-11)28(2,26)27/h4-6,9,25H,3,7-8,10H2,1-2H3,(H2,19,24)(H2,20,21,23). The normalized spacial score (nSPS) is 15.1. The van der Waals surface area contributed by atoms with Crippen LogP contribution in [0.15, 0.2) is 29.2 Å². The second kappa shape index (κ2) is 7.36. The third kappa shape index (κ3) is 4.57. The Kier molecular flexibility index (Phi) is 5.26. The van der Waals surface area contributed by atoms with E-state index < -0.39 is 21.3 Å². The second-order valence-corrected chi connectivity index (χ2v) is 8.95. The number of nitrogens with one attached hydrogen (secondary N) is 2. The fourth-order valence-electron chi connectivity index (χ4n) is 2.63. The Labute approximate surface area is 163 Å². The number of nitrogens with two attached hydrogens (primary N) is 1. The molecule has 1 aliphatic carbocycles. The monoisotopic (exact) mass is 405 g/mol.